The first kappa shape index (κ1) is 28.8. The van der Waals surface area contributed by atoms with Crippen LogP contribution in [-0.2, 0) is 12.0 Å². The largest absolute Gasteiger partial charge is 0.449 e. The van der Waals surface area contributed by atoms with Crippen LogP contribution in [0.2, 0.25) is 10.0 Å². The van der Waals surface area contributed by atoms with Gasteiger partial charge in [-0.3, -0.25) is 0 Å². The van der Waals surface area contributed by atoms with Gasteiger partial charge in [0, 0.05) is 41.0 Å². The number of aromatic nitrogens is 2. The van der Waals surface area contributed by atoms with E-state index in [1.807, 2.05) is 24.3 Å². The Labute approximate surface area is 251 Å². The molecule has 1 saturated heterocycles. The first-order chi connectivity index (χ1) is 19.5. The fourth-order valence-corrected chi connectivity index (χ4v) is 7.28. The molecule has 0 bridgehead atoms. The van der Waals surface area contributed by atoms with Gasteiger partial charge in [-0.1, -0.05) is 59.4 Å². The molecule has 216 valence electrons. The van der Waals surface area contributed by atoms with E-state index in [-0.39, 0.29) is 5.92 Å². The molecule has 1 aromatic heterocycles. The van der Waals surface area contributed by atoms with Crippen molar-refractivity contribution in [3.63, 3.8) is 0 Å². The Kier molecular flexibility index (Phi) is 7.77. The first-order valence-corrected chi connectivity index (χ1v) is 16.0. The Morgan fingerprint density at radius 1 is 0.854 bits per heavy atom. The molecule has 41 heavy (non-hydrogen) atoms. The van der Waals surface area contributed by atoms with Gasteiger partial charge in [-0.25, -0.2) is 9.29 Å². The van der Waals surface area contributed by atoms with Crippen LogP contribution in [0, 0.1) is 5.92 Å². The van der Waals surface area contributed by atoms with Crippen LogP contribution < -0.4 is 0 Å². The topological polar surface area (TPSA) is 21.1 Å². The molecule has 6 rings (SSSR count). The third-order valence-corrected chi connectivity index (χ3v) is 10.8. The van der Waals surface area contributed by atoms with Crippen LogP contribution in [0.25, 0.3) is 11.0 Å². The van der Waals surface area contributed by atoms with Crippen molar-refractivity contribution < 1.29 is 13.2 Å². The van der Waals surface area contributed by atoms with Crippen LogP contribution in [0.4, 0.5) is 13.2 Å². The Morgan fingerprint density at radius 2 is 1.39 bits per heavy atom. The van der Waals surface area contributed by atoms with Gasteiger partial charge < -0.3 is 4.57 Å². The Hall–Kier alpha value is -2.32. The third kappa shape index (κ3) is 5.71. The zero-order valence-corrected chi connectivity index (χ0v) is 25.1. The van der Waals surface area contributed by atoms with Gasteiger partial charge in [0.05, 0.1) is 11.0 Å². The fourth-order valence-electron chi connectivity index (χ4n) is 6.08. The highest BCUT2D eigenvalue weighted by atomic mass is 35.5. The van der Waals surface area contributed by atoms with Crippen molar-refractivity contribution in [3.8, 4) is 0 Å². The first-order valence-electron chi connectivity index (χ1n) is 13.9. The normalized spacial score (nSPS) is 18.2. The molecule has 3 aromatic carbocycles. The van der Waals surface area contributed by atoms with Gasteiger partial charge in [0.25, 0.3) is 0 Å². The highest BCUT2D eigenvalue weighted by molar-refractivity contribution is 8.12. The summed E-state index contributed by atoms with van der Waals surface area (Å²) < 4.78 is 43.6. The summed E-state index contributed by atoms with van der Waals surface area (Å²) in [6.45, 7) is 3.81. The van der Waals surface area contributed by atoms with E-state index in [0.717, 1.165) is 52.9 Å². The average Bonchev–Trinajstić information content (AvgIpc) is 3.75. The maximum atomic E-state index is 13.3. The SMILES string of the molecule is C=S(N1CCC(Cn2c(C3CC3)nc3ccc(C(C)(c4ccc(Cl)cc4)c4ccc(Cl)cc4)cc32)CC1)C(F)(F)F. The standard InChI is InChI=1S/C32H32Cl2F3N3S/c1-31(23-5-10-26(33)11-6-23,24-7-12-27(34)13-8-24)25-9-14-28-29(19-25)40(30(38-28)22-3-4-22)20-21-15-17-39(18-16-21)41(2)32(35,36)37/h5-14,19,21-22H,2-4,15-18,20H2,1H3. The molecule has 0 amide bonds. The summed E-state index contributed by atoms with van der Waals surface area (Å²) in [5, 5.41) is 1.36. The number of benzene rings is 3. The van der Waals surface area contributed by atoms with Crippen molar-refractivity contribution in [1.29, 1.82) is 0 Å². The lowest BCUT2D eigenvalue weighted by Gasteiger charge is -2.34. The van der Waals surface area contributed by atoms with Crippen LogP contribution in [0.5, 0.6) is 0 Å². The smallest absolute Gasteiger partial charge is 0.327 e. The van der Waals surface area contributed by atoms with Crippen molar-refractivity contribution in [2.24, 2.45) is 5.92 Å². The molecule has 0 spiro atoms. The molecule has 2 fully saturated rings. The maximum Gasteiger partial charge on any atom is 0.449 e. The molecule has 1 unspecified atom stereocenters. The van der Waals surface area contributed by atoms with Crippen molar-refractivity contribution >= 4 is 50.8 Å². The zero-order chi connectivity index (χ0) is 28.9. The Balaban J connectivity index is 1.38. The van der Waals surface area contributed by atoms with E-state index >= 15 is 0 Å². The van der Waals surface area contributed by atoms with Crippen molar-refractivity contribution in [2.75, 3.05) is 13.1 Å². The summed E-state index contributed by atoms with van der Waals surface area (Å²) >= 11 is 12.5. The zero-order valence-electron chi connectivity index (χ0n) is 22.8. The van der Waals surface area contributed by atoms with E-state index in [1.54, 1.807) is 0 Å². The summed E-state index contributed by atoms with van der Waals surface area (Å²) in [4.78, 5) is 5.07. The molecular weight excluding hydrogens is 586 g/mol. The number of hydrogen-bond acceptors (Lipinski definition) is 2. The van der Waals surface area contributed by atoms with Gasteiger partial charge in [0.1, 0.15) is 5.82 Å². The second kappa shape index (κ2) is 11.1. The molecule has 2 heterocycles. The van der Waals surface area contributed by atoms with E-state index in [2.05, 4.69) is 59.8 Å². The summed E-state index contributed by atoms with van der Waals surface area (Å²) in [5.74, 6) is 5.25. The molecule has 0 radical (unpaired) electrons. The molecule has 0 N–H and O–H groups in total. The van der Waals surface area contributed by atoms with Crippen molar-refractivity contribution in [3.05, 3.63) is 99.3 Å². The maximum absolute atomic E-state index is 13.3. The number of nitrogens with zero attached hydrogens (tertiary/aromatic N) is 3. The predicted molar refractivity (Wildman–Crippen MR) is 165 cm³/mol. The predicted octanol–water partition coefficient (Wildman–Crippen LogP) is 9.42. The minimum atomic E-state index is -4.27. The summed E-state index contributed by atoms with van der Waals surface area (Å²) in [7, 11) is -1.96. The quantitative estimate of drug-likeness (QED) is 0.152. The molecule has 3 nitrogen and oxygen atoms in total. The number of piperidine rings is 1. The van der Waals surface area contributed by atoms with Gasteiger partial charge in [0.2, 0.25) is 0 Å². The minimum absolute atomic E-state index is 0.286. The molecule has 1 aliphatic heterocycles. The van der Waals surface area contributed by atoms with Crippen LogP contribution in [0.1, 0.15) is 61.0 Å². The molecule has 1 atom stereocenters. The van der Waals surface area contributed by atoms with Crippen LogP contribution in [-0.4, -0.2) is 38.3 Å². The number of fused-ring (bicyclic) bond motifs is 1. The minimum Gasteiger partial charge on any atom is -0.327 e. The van der Waals surface area contributed by atoms with Crippen LogP contribution >= 0.6 is 33.9 Å². The average molecular weight is 619 g/mol. The van der Waals surface area contributed by atoms with Crippen LogP contribution in [0.15, 0.2) is 66.7 Å². The van der Waals surface area contributed by atoms with Gasteiger partial charge in [-0.05, 0) is 102 Å². The van der Waals surface area contributed by atoms with E-state index in [1.165, 1.54) is 4.31 Å². The molecular formula is C32H32Cl2F3N3S. The van der Waals surface area contributed by atoms with Gasteiger partial charge in [-0.15, -0.1) is 0 Å². The Bertz CT molecular complexity index is 1520. The second-order valence-electron chi connectivity index (χ2n) is 11.4. The van der Waals surface area contributed by atoms with Gasteiger partial charge >= 0.3 is 5.51 Å². The van der Waals surface area contributed by atoms with Gasteiger partial charge in [0.15, 0.2) is 0 Å². The highest BCUT2D eigenvalue weighted by Crippen LogP contribution is 2.45. The van der Waals surface area contributed by atoms with E-state index in [9.17, 15) is 13.2 Å². The molecule has 1 saturated carbocycles. The van der Waals surface area contributed by atoms with Crippen molar-refractivity contribution in [2.45, 2.75) is 56.0 Å². The van der Waals surface area contributed by atoms with Crippen molar-refractivity contribution in [1.82, 2.24) is 13.9 Å². The summed E-state index contributed by atoms with van der Waals surface area (Å²) in [6, 6.07) is 22.5. The molecule has 2 aliphatic rings. The highest BCUT2D eigenvalue weighted by Gasteiger charge is 2.38. The molecule has 9 heteroatoms. The summed E-state index contributed by atoms with van der Waals surface area (Å²) in [6.07, 6.45) is 3.67. The van der Waals surface area contributed by atoms with E-state index in [0.29, 0.717) is 41.9 Å². The lowest BCUT2D eigenvalue weighted by Crippen LogP contribution is -2.34. The third-order valence-electron chi connectivity index (χ3n) is 8.73. The van der Waals surface area contributed by atoms with E-state index in [4.69, 9.17) is 28.2 Å². The van der Waals surface area contributed by atoms with E-state index < -0.39 is 21.6 Å². The monoisotopic (exact) mass is 617 g/mol. The molecule has 1 aliphatic carbocycles. The number of alkyl halides is 3. The number of rotatable bonds is 7. The lowest BCUT2D eigenvalue weighted by atomic mass is 9.71. The fraction of sp³-hybridized carbons (Fsp3) is 0.375. The lowest BCUT2D eigenvalue weighted by molar-refractivity contribution is -0.0375. The molecule has 4 aromatic rings. The van der Waals surface area contributed by atoms with Gasteiger partial charge in [-0.2, -0.15) is 13.2 Å². The second-order valence-corrected chi connectivity index (χ2v) is 14.0. The summed E-state index contributed by atoms with van der Waals surface area (Å²) in [5.41, 5.74) is 0.622. The number of halogens is 5. The number of hydrogen-bond donors (Lipinski definition) is 0. The van der Waals surface area contributed by atoms with Crippen LogP contribution in [0.3, 0.4) is 0 Å². The Morgan fingerprint density at radius 3 is 1.90 bits per heavy atom. The number of imidazole rings is 1.